The zero-order valence-electron chi connectivity index (χ0n) is 9.93. The van der Waals surface area contributed by atoms with E-state index in [4.69, 9.17) is 5.73 Å². The number of hydrogen-bond donors (Lipinski definition) is 2. The normalized spacial score (nSPS) is 23.4. The Morgan fingerprint density at radius 1 is 1.47 bits per heavy atom. The van der Waals surface area contributed by atoms with Crippen molar-refractivity contribution in [1.29, 1.82) is 0 Å². The topological polar surface area (TPSA) is 55.1 Å². The Balaban J connectivity index is 0.00000144. The Bertz CT molecular complexity index is 369. The van der Waals surface area contributed by atoms with Crippen LogP contribution in [0.1, 0.15) is 18.9 Å². The molecule has 2 rings (SSSR count). The molecule has 0 aliphatic heterocycles. The van der Waals surface area contributed by atoms with Crippen LogP contribution in [-0.4, -0.2) is 18.0 Å². The molecule has 2 unspecified atom stereocenters. The fourth-order valence-electron chi connectivity index (χ4n) is 1.77. The Morgan fingerprint density at radius 3 is 2.59 bits per heavy atom. The number of rotatable bonds is 4. The summed E-state index contributed by atoms with van der Waals surface area (Å²) in [5, 5.41) is 2.96. The van der Waals surface area contributed by atoms with E-state index in [1.54, 1.807) is 0 Å². The summed E-state index contributed by atoms with van der Waals surface area (Å²) in [4.78, 5) is 11.7. The van der Waals surface area contributed by atoms with E-state index in [1.165, 1.54) is 0 Å². The van der Waals surface area contributed by atoms with E-state index in [-0.39, 0.29) is 18.3 Å². The fourth-order valence-corrected chi connectivity index (χ4v) is 1.77. The molecule has 17 heavy (non-hydrogen) atoms. The highest BCUT2D eigenvalue weighted by Crippen LogP contribution is 2.28. The molecule has 0 spiro atoms. The molecule has 0 radical (unpaired) electrons. The van der Waals surface area contributed by atoms with Crippen LogP contribution in [-0.2, 0) is 11.2 Å². The zero-order valence-corrected chi connectivity index (χ0v) is 10.7. The highest BCUT2D eigenvalue weighted by molar-refractivity contribution is 5.85. The first-order valence-corrected chi connectivity index (χ1v) is 5.76. The summed E-state index contributed by atoms with van der Waals surface area (Å²) in [7, 11) is 0. The lowest BCUT2D eigenvalue weighted by atomic mass is 10.1. The molecule has 1 fully saturated rings. The lowest BCUT2D eigenvalue weighted by Gasteiger charge is -2.11. The minimum Gasteiger partial charge on any atom is -0.352 e. The van der Waals surface area contributed by atoms with Gasteiger partial charge in [0, 0.05) is 6.04 Å². The molecule has 3 nitrogen and oxygen atoms in total. The van der Waals surface area contributed by atoms with Gasteiger partial charge in [0.05, 0.1) is 6.04 Å². The summed E-state index contributed by atoms with van der Waals surface area (Å²) in [6, 6.07) is 9.79. The average Bonchev–Trinajstić information content (AvgIpc) is 2.95. The minimum absolute atomic E-state index is 0. The monoisotopic (exact) mass is 254 g/mol. The highest BCUT2D eigenvalue weighted by atomic mass is 35.5. The molecule has 0 heterocycles. The SMILES string of the molecule is CC1CC1NC(=O)[C@@H](N)Cc1ccccc1.Cl. The first-order chi connectivity index (χ1) is 7.66. The number of halogens is 1. The molecule has 3 N–H and O–H groups in total. The second-order valence-corrected chi connectivity index (χ2v) is 4.62. The van der Waals surface area contributed by atoms with Crippen molar-refractivity contribution in [3.63, 3.8) is 0 Å². The third-order valence-corrected chi connectivity index (χ3v) is 3.07. The van der Waals surface area contributed by atoms with Gasteiger partial charge in [-0.2, -0.15) is 0 Å². The van der Waals surface area contributed by atoms with Crippen molar-refractivity contribution in [2.24, 2.45) is 11.7 Å². The van der Waals surface area contributed by atoms with E-state index < -0.39 is 6.04 Å². The van der Waals surface area contributed by atoms with E-state index in [1.807, 2.05) is 30.3 Å². The van der Waals surface area contributed by atoms with Gasteiger partial charge in [-0.1, -0.05) is 37.3 Å². The average molecular weight is 255 g/mol. The third kappa shape index (κ3) is 4.02. The van der Waals surface area contributed by atoms with Crippen LogP contribution in [0.5, 0.6) is 0 Å². The lowest BCUT2D eigenvalue weighted by molar-refractivity contribution is -0.122. The molecule has 0 bridgehead atoms. The van der Waals surface area contributed by atoms with Gasteiger partial charge in [0.15, 0.2) is 0 Å². The van der Waals surface area contributed by atoms with E-state index in [2.05, 4.69) is 12.2 Å². The van der Waals surface area contributed by atoms with Crippen molar-refractivity contribution >= 4 is 18.3 Å². The molecule has 0 saturated heterocycles. The van der Waals surface area contributed by atoms with Gasteiger partial charge in [0.25, 0.3) is 0 Å². The first-order valence-electron chi connectivity index (χ1n) is 5.76. The van der Waals surface area contributed by atoms with Crippen molar-refractivity contribution in [1.82, 2.24) is 5.32 Å². The summed E-state index contributed by atoms with van der Waals surface area (Å²) in [5.41, 5.74) is 6.96. The van der Waals surface area contributed by atoms with Crippen molar-refractivity contribution in [3.8, 4) is 0 Å². The van der Waals surface area contributed by atoms with Crippen LogP contribution >= 0.6 is 12.4 Å². The number of nitrogens with two attached hydrogens (primary N) is 1. The van der Waals surface area contributed by atoms with Crippen LogP contribution in [0, 0.1) is 5.92 Å². The molecule has 1 aromatic carbocycles. The van der Waals surface area contributed by atoms with Crippen LogP contribution in [0.25, 0.3) is 0 Å². The van der Waals surface area contributed by atoms with Gasteiger partial charge in [-0.25, -0.2) is 0 Å². The number of nitrogens with one attached hydrogen (secondary N) is 1. The minimum atomic E-state index is -0.435. The standard InChI is InChI=1S/C13H18N2O.ClH/c1-9-7-12(9)15-13(16)11(14)8-10-5-3-2-4-6-10;/h2-6,9,11-12H,7-8,14H2,1H3,(H,15,16);1H/t9?,11-,12?;/m0./s1. The van der Waals surface area contributed by atoms with Crippen molar-refractivity contribution < 1.29 is 4.79 Å². The Labute approximate surface area is 108 Å². The molecule has 1 amide bonds. The molecular weight excluding hydrogens is 236 g/mol. The molecular formula is C13H19ClN2O. The van der Waals surface area contributed by atoms with Gasteiger partial charge in [-0.15, -0.1) is 12.4 Å². The van der Waals surface area contributed by atoms with Crippen LogP contribution in [0.2, 0.25) is 0 Å². The van der Waals surface area contributed by atoms with E-state index in [0.717, 1.165) is 12.0 Å². The van der Waals surface area contributed by atoms with Gasteiger partial charge < -0.3 is 11.1 Å². The summed E-state index contributed by atoms with van der Waals surface area (Å²) < 4.78 is 0. The van der Waals surface area contributed by atoms with Crippen molar-refractivity contribution in [3.05, 3.63) is 35.9 Å². The maximum absolute atomic E-state index is 11.7. The van der Waals surface area contributed by atoms with Crippen LogP contribution in [0.3, 0.4) is 0 Å². The Kier molecular flexibility index (Phi) is 4.97. The zero-order chi connectivity index (χ0) is 11.5. The van der Waals surface area contributed by atoms with Gasteiger partial charge in [-0.3, -0.25) is 4.79 Å². The van der Waals surface area contributed by atoms with Crippen LogP contribution in [0.15, 0.2) is 30.3 Å². The maximum Gasteiger partial charge on any atom is 0.237 e. The second kappa shape index (κ2) is 6.03. The molecule has 1 aliphatic rings. The largest absolute Gasteiger partial charge is 0.352 e. The fraction of sp³-hybridized carbons (Fsp3) is 0.462. The lowest BCUT2D eigenvalue weighted by Crippen LogP contribution is -2.43. The first kappa shape index (κ1) is 14.0. The summed E-state index contributed by atoms with van der Waals surface area (Å²) >= 11 is 0. The summed E-state index contributed by atoms with van der Waals surface area (Å²) in [6.45, 7) is 2.13. The Morgan fingerprint density at radius 2 is 2.06 bits per heavy atom. The van der Waals surface area contributed by atoms with Gasteiger partial charge >= 0.3 is 0 Å². The van der Waals surface area contributed by atoms with E-state index in [9.17, 15) is 4.79 Å². The van der Waals surface area contributed by atoms with E-state index in [0.29, 0.717) is 18.4 Å². The summed E-state index contributed by atoms with van der Waals surface area (Å²) in [6.07, 6.45) is 1.69. The smallest absolute Gasteiger partial charge is 0.237 e. The van der Waals surface area contributed by atoms with Gasteiger partial charge in [0.1, 0.15) is 0 Å². The summed E-state index contributed by atoms with van der Waals surface area (Å²) in [5.74, 6) is 0.589. The quantitative estimate of drug-likeness (QED) is 0.856. The van der Waals surface area contributed by atoms with Crippen LogP contribution in [0.4, 0.5) is 0 Å². The molecule has 1 aromatic rings. The molecule has 4 heteroatoms. The van der Waals surface area contributed by atoms with Gasteiger partial charge in [0.2, 0.25) is 5.91 Å². The Hall–Kier alpha value is -1.06. The predicted octanol–water partition coefficient (Wildman–Crippen LogP) is 1.50. The molecule has 1 aliphatic carbocycles. The second-order valence-electron chi connectivity index (χ2n) is 4.62. The number of amides is 1. The molecule has 3 atom stereocenters. The maximum atomic E-state index is 11.7. The molecule has 0 aromatic heterocycles. The highest BCUT2D eigenvalue weighted by Gasteiger charge is 2.34. The number of benzene rings is 1. The van der Waals surface area contributed by atoms with Gasteiger partial charge in [-0.05, 0) is 24.3 Å². The number of carbonyl (C=O) groups is 1. The number of hydrogen-bond acceptors (Lipinski definition) is 2. The predicted molar refractivity (Wildman–Crippen MR) is 71.1 cm³/mol. The van der Waals surface area contributed by atoms with Crippen LogP contribution < -0.4 is 11.1 Å². The van der Waals surface area contributed by atoms with Crippen molar-refractivity contribution in [2.45, 2.75) is 31.8 Å². The third-order valence-electron chi connectivity index (χ3n) is 3.07. The van der Waals surface area contributed by atoms with E-state index >= 15 is 0 Å². The van der Waals surface area contributed by atoms with Crippen molar-refractivity contribution in [2.75, 3.05) is 0 Å². The molecule has 94 valence electrons. The number of carbonyl (C=O) groups excluding carboxylic acids is 1. The molecule has 1 saturated carbocycles.